The number of aromatic nitrogens is 2. The minimum absolute atomic E-state index is 0.134. The molecule has 5 rings (SSSR count). The zero-order valence-corrected chi connectivity index (χ0v) is 21.5. The number of rotatable bonds is 8. The summed E-state index contributed by atoms with van der Waals surface area (Å²) in [6.07, 6.45) is 6.34. The molecule has 2 aliphatic rings. The zero-order valence-electron chi connectivity index (χ0n) is 19.3. The molecule has 6 nitrogen and oxygen atoms in total. The van der Waals surface area contributed by atoms with Crippen LogP contribution in [-0.4, -0.2) is 29.6 Å². The number of anilines is 3. The molecule has 0 bridgehead atoms. The molecule has 2 aromatic carbocycles. The third-order valence-electron chi connectivity index (χ3n) is 6.86. The number of hydrogen-bond donors (Lipinski definition) is 2. The molecular weight excluding hydrogens is 539 g/mol. The number of hydrogen-bond acceptors (Lipinski definition) is 6. The molecule has 0 amide bonds. The average Bonchev–Trinajstić information content (AvgIpc) is 3.56. The van der Waals surface area contributed by atoms with E-state index >= 15 is 0 Å². The summed E-state index contributed by atoms with van der Waals surface area (Å²) in [4.78, 5) is 22.1. The van der Waals surface area contributed by atoms with Gasteiger partial charge in [-0.3, -0.25) is 4.79 Å². The summed E-state index contributed by atoms with van der Waals surface area (Å²) in [6, 6.07) is 18.4. The first-order valence-electron chi connectivity index (χ1n) is 11.9. The van der Waals surface area contributed by atoms with E-state index in [-0.39, 0.29) is 5.97 Å². The van der Waals surface area contributed by atoms with Crippen LogP contribution in [0.5, 0.6) is 0 Å². The van der Waals surface area contributed by atoms with Crippen molar-refractivity contribution in [2.75, 3.05) is 24.3 Å². The Morgan fingerprint density at radius 2 is 1.76 bits per heavy atom. The first-order chi connectivity index (χ1) is 16.6. The van der Waals surface area contributed by atoms with Crippen LogP contribution in [0.25, 0.3) is 11.3 Å². The number of esters is 1. The molecule has 0 aliphatic heterocycles. The van der Waals surface area contributed by atoms with E-state index in [1.807, 2.05) is 30.3 Å². The van der Waals surface area contributed by atoms with E-state index in [0.29, 0.717) is 5.95 Å². The van der Waals surface area contributed by atoms with Crippen LogP contribution in [0.2, 0.25) is 0 Å². The van der Waals surface area contributed by atoms with Crippen molar-refractivity contribution in [1.29, 1.82) is 0 Å². The first kappa shape index (κ1) is 23.1. The van der Waals surface area contributed by atoms with Gasteiger partial charge in [0.15, 0.2) is 0 Å². The number of methoxy groups -OCH3 is 1. The zero-order chi connectivity index (χ0) is 23.5. The summed E-state index contributed by atoms with van der Waals surface area (Å²) in [7, 11) is 1.48. The van der Waals surface area contributed by atoms with Crippen LogP contribution in [-0.2, 0) is 14.9 Å². The molecular formula is C27H29IN4O2. The van der Waals surface area contributed by atoms with Crippen LogP contribution < -0.4 is 10.6 Å². The Labute approximate surface area is 214 Å². The fourth-order valence-corrected chi connectivity index (χ4v) is 5.08. The Morgan fingerprint density at radius 3 is 2.41 bits per heavy atom. The number of halogens is 1. The van der Waals surface area contributed by atoms with Gasteiger partial charge in [0.25, 0.3) is 0 Å². The van der Waals surface area contributed by atoms with Crippen LogP contribution in [0.15, 0.2) is 54.6 Å². The molecule has 34 heavy (non-hydrogen) atoms. The normalized spacial score (nSPS) is 16.8. The largest absolute Gasteiger partial charge is 0.468 e. The Hall–Kier alpha value is -2.68. The van der Waals surface area contributed by atoms with Crippen molar-refractivity contribution in [3.63, 3.8) is 0 Å². The third kappa shape index (κ3) is 5.04. The fraction of sp³-hybridized carbons (Fsp3) is 0.370. The van der Waals surface area contributed by atoms with Gasteiger partial charge in [-0.05, 0) is 84.0 Å². The molecule has 0 atom stereocenters. The molecule has 0 unspecified atom stereocenters. The van der Waals surface area contributed by atoms with E-state index in [9.17, 15) is 4.79 Å². The maximum Gasteiger partial charge on any atom is 0.316 e. The van der Waals surface area contributed by atoms with Gasteiger partial charge in [0, 0.05) is 27.4 Å². The van der Waals surface area contributed by atoms with E-state index in [1.165, 1.54) is 23.5 Å². The van der Waals surface area contributed by atoms with Crippen LogP contribution in [0.4, 0.5) is 17.5 Å². The summed E-state index contributed by atoms with van der Waals surface area (Å²) in [5, 5.41) is 6.84. The van der Waals surface area contributed by atoms with Crippen molar-refractivity contribution in [2.45, 2.75) is 43.9 Å². The molecule has 176 valence electrons. The van der Waals surface area contributed by atoms with Gasteiger partial charge < -0.3 is 15.4 Å². The number of carbonyl (C=O) groups is 1. The monoisotopic (exact) mass is 568 g/mol. The van der Waals surface area contributed by atoms with Crippen molar-refractivity contribution < 1.29 is 9.53 Å². The van der Waals surface area contributed by atoms with Gasteiger partial charge in [-0.15, -0.1) is 0 Å². The van der Waals surface area contributed by atoms with E-state index in [1.54, 1.807) is 0 Å². The van der Waals surface area contributed by atoms with Crippen LogP contribution in [0.1, 0.15) is 44.1 Å². The minimum Gasteiger partial charge on any atom is -0.468 e. The number of carbonyl (C=O) groups excluding carboxylic acids is 1. The molecule has 0 radical (unpaired) electrons. The highest BCUT2D eigenvalue weighted by molar-refractivity contribution is 14.1. The standard InChI is InChI=1S/C27H29IN4O2/c1-34-25(33)27(14-2-3-15-27)20-8-12-22(13-9-20)30-26-31-23(19-6-10-21(28)11-7-19)16-24(32-26)29-17-18-4-5-18/h6-13,16,18H,2-5,14-15,17H2,1H3,(H2,29,30,31,32). The van der Waals surface area contributed by atoms with Gasteiger partial charge in [-0.1, -0.05) is 37.1 Å². The minimum atomic E-state index is -0.519. The number of ether oxygens (including phenoxy) is 1. The molecule has 7 heteroatoms. The van der Waals surface area contributed by atoms with Crippen molar-refractivity contribution in [3.8, 4) is 11.3 Å². The smallest absolute Gasteiger partial charge is 0.316 e. The highest BCUT2D eigenvalue weighted by Crippen LogP contribution is 2.42. The molecule has 1 heterocycles. The van der Waals surface area contributed by atoms with Crippen molar-refractivity contribution in [2.24, 2.45) is 5.92 Å². The topological polar surface area (TPSA) is 76.1 Å². The summed E-state index contributed by atoms with van der Waals surface area (Å²) >= 11 is 2.31. The maximum absolute atomic E-state index is 12.6. The second kappa shape index (κ2) is 9.90. The molecule has 0 spiro atoms. The Kier molecular flexibility index (Phi) is 6.72. The van der Waals surface area contributed by atoms with Gasteiger partial charge in [0.2, 0.25) is 5.95 Å². The van der Waals surface area contributed by atoms with Gasteiger partial charge in [0.1, 0.15) is 5.82 Å². The molecule has 2 fully saturated rings. The molecule has 3 aromatic rings. The summed E-state index contributed by atoms with van der Waals surface area (Å²) in [5.74, 6) is 1.99. The third-order valence-corrected chi connectivity index (χ3v) is 7.58. The second-order valence-electron chi connectivity index (χ2n) is 9.28. The quantitative estimate of drug-likeness (QED) is 0.246. The second-order valence-corrected chi connectivity index (χ2v) is 10.5. The fourth-order valence-electron chi connectivity index (χ4n) is 4.72. The van der Waals surface area contributed by atoms with Gasteiger partial charge >= 0.3 is 5.97 Å². The van der Waals surface area contributed by atoms with E-state index < -0.39 is 5.41 Å². The molecule has 2 saturated carbocycles. The van der Waals surface area contributed by atoms with Crippen LogP contribution in [0.3, 0.4) is 0 Å². The summed E-state index contributed by atoms with van der Waals surface area (Å²) < 4.78 is 6.34. The first-order valence-corrected chi connectivity index (χ1v) is 13.0. The lowest BCUT2D eigenvalue weighted by atomic mass is 9.79. The van der Waals surface area contributed by atoms with Crippen LogP contribution >= 0.6 is 22.6 Å². The molecule has 0 saturated heterocycles. The van der Waals surface area contributed by atoms with Crippen molar-refractivity contribution in [1.82, 2.24) is 9.97 Å². The lowest BCUT2D eigenvalue weighted by Crippen LogP contribution is -2.33. The molecule has 2 aliphatic carbocycles. The Morgan fingerprint density at radius 1 is 1.06 bits per heavy atom. The average molecular weight is 568 g/mol. The lowest BCUT2D eigenvalue weighted by molar-refractivity contribution is -0.147. The van der Waals surface area contributed by atoms with Crippen molar-refractivity contribution in [3.05, 3.63) is 63.7 Å². The highest BCUT2D eigenvalue weighted by Gasteiger charge is 2.43. The summed E-state index contributed by atoms with van der Waals surface area (Å²) in [5.41, 5.74) is 3.31. The maximum atomic E-state index is 12.6. The number of nitrogens with zero attached hydrogens (tertiary/aromatic N) is 2. The summed E-state index contributed by atoms with van der Waals surface area (Å²) in [6.45, 7) is 0.937. The SMILES string of the molecule is COC(=O)C1(c2ccc(Nc3nc(NCC4CC4)cc(-c4ccc(I)cc4)n3)cc2)CCCC1. The molecule has 1 aromatic heterocycles. The molecule has 2 N–H and O–H groups in total. The van der Waals surface area contributed by atoms with E-state index in [4.69, 9.17) is 14.7 Å². The van der Waals surface area contributed by atoms with Gasteiger partial charge in [-0.25, -0.2) is 4.98 Å². The Bertz CT molecular complexity index is 1150. The number of nitrogens with one attached hydrogen (secondary N) is 2. The van der Waals surface area contributed by atoms with Crippen LogP contribution in [0, 0.1) is 9.49 Å². The van der Waals surface area contributed by atoms with Gasteiger partial charge in [-0.2, -0.15) is 4.98 Å². The Balaban J connectivity index is 1.40. The van der Waals surface area contributed by atoms with E-state index in [2.05, 4.69) is 57.5 Å². The number of benzene rings is 2. The lowest BCUT2D eigenvalue weighted by Gasteiger charge is -2.26. The predicted molar refractivity (Wildman–Crippen MR) is 143 cm³/mol. The van der Waals surface area contributed by atoms with Crippen molar-refractivity contribution >= 4 is 46.0 Å². The predicted octanol–water partition coefficient (Wildman–Crippen LogP) is 6.30. The van der Waals surface area contributed by atoms with Gasteiger partial charge in [0.05, 0.1) is 18.2 Å². The van der Waals surface area contributed by atoms with E-state index in [0.717, 1.165) is 66.5 Å². The highest BCUT2D eigenvalue weighted by atomic mass is 127.